The second-order valence-electron chi connectivity index (χ2n) is 3.93. The molecule has 0 fully saturated rings. The molecule has 0 spiro atoms. The number of halogens is 1. The number of ether oxygens (including phenoxy) is 2. The molecule has 110 valence electrons. The Balaban J connectivity index is 2.49. The normalized spacial score (nSPS) is 10.1. The van der Waals surface area contributed by atoms with Crippen LogP contribution in [0, 0.1) is 0 Å². The van der Waals surface area contributed by atoms with E-state index in [9.17, 15) is 9.59 Å². The van der Waals surface area contributed by atoms with E-state index in [1.54, 1.807) is 13.2 Å². The molecule has 0 aliphatic heterocycles. The van der Waals surface area contributed by atoms with E-state index < -0.39 is 5.97 Å². The van der Waals surface area contributed by atoms with Crippen LogP contribution in [-0.2, 0) is 9.53 Å². The number of rotatable bonds is 8. The van der Waals surface area contributed by atoms with E-state index in [0.717, 1.165) is 0 Å². The highest BCUT2D eigenvalue weighted by Crippen LogP contribution is 2.23. The summed E-state index contributed by atoms with van der Waals surface area (Å²) in [6.45, 7) is 0.827. The number of hydrogen-bond donors (Lipinski definition) is 2. The third-order valence-electron chi connectivity index (χ3n) is 2.38. The SMILES string of the molecule is COCCCNC(=O)COc1ccc(Br)cc1C(=O)O. The van der Waals surface area contributed by atoms with Crippen molar-refractivity contribution in [3.63, 3.8) is 0 Å². The number of carboxylic acid groups (broad SMARTS) is 1. The lowest BCUT2D eigenvalue weighted by Crippen LogP contribution is -2.30. The van der Waals surface area contributed by atoms with Crippen molar-refractivity contribution in [1.29, 1.82) is 0 Å². The lowest BCUT2D eigenvalue weighted by Gasteiger charge is -2.10. The highest BCUT2D eigenvalue weighted by Gasteiger charge is 2.13. The van der Waals surface area contributed by atoms with Gasteiger partial charge in [0.15, 0.2) is 6.61 Å². The van der Waals surface area contributed by atoms with Crippen molar-refractivity contribution in [3.8, 4) is 5.75 Å². The standard InChI is InChI=1S/C13H16BrNO5/c1-19-6-2-5-15-12(16)8-20-11-4-3-9(14)7-10(11)13(17)18/h3-4,7H,2,5-6,8H2,1H3,(H,15,16)(H,17,18). The minimum Gasteiger partial charge on any atom is -0.483 e. The molecule has 0 unspecified atom stereocenters. The van der Waals surface area contributed by atoms with Crippen molar-refractivity contribution in [2.45, 2.75) is 6.42 Å². The molecular formula is C13H16BrNO5. The van der Waals surface area contributed by atoms with Crippen LogP contribution in [0.15, 0.2) is 22.7 Å². The van der Waals surface area contributed by atoms with E-state index in [2.05, 4.69) is 21.2 Å². The second kappa shape index (κ2) is 8.55. The van der Waals surface area contributed by atoms with Crippen molar-refractivity contribution >= 4 is 27.8 Å². The van der Waals surface area contributed by atoms with Gasteiger partial charge >= 0.3 is 5.97 Å². The topological polar surface area (TPSA) is 84.9 Å². The van der Waals surface area contributed by atoms with Crippen LogP contribution in [0.1, 0.15) is 16.8 Å². The van der Waals surface area contributed by atoms with E-state index in [1.807, 2.05) is 0 Å². The van der Waals surface area contributed by atoms with Gasteiger partial charge in [-0.2, -0.15) is 0 Å². The Kier molecular flexibility index (Phi) is 7.03. The molecule has 0 aromatic heterocycles. The average molecular weight is 346 g/mol. The van der Waals surface area contributed by atoms with Crippen LogP contribution < -0.4 is 10.1 Å². The predicted octanol–water partition coefficient (Wildman–Crippen LogP) is 1.68. The van der Waals surface area contributed by atoms with Crippen molar-refractivity contribution in [2.75, 3.05) is 26.9 Å². The van der Waals surface area contributed by atoms with Gasteiger partial charge in [-0.3, -0.25) is 4.79 Å². The fourth-order valence-corrected chi connectivity index (χ4v) is 1.79. The van der Waals surface area contributed by atoms with Crippen LogP contribution >= 0.6 is 15.9 Å². The van der Waals surface area contributed by atoms with E-state index in [0.29, 0.717) is 24.0 Å². The molecule has 1 rings (SSSR count). The fourth-order valence-electron chi connectivity index (χ4n) is 1.43. The zero-order chi connectivity index (χ0) is 15.0. The summed E-state index contributed by atoms with van der Waals surface area (Å²) < 4.78 is 10.7. The molecule has 2 N–H and O–H groups in total. The molecule has 1 aromatic carbocycles. The van der Waals surface area contributed by atoms with E-state index in [1.165, 1.54) is 12.1 Å². The van der Waals surface area contributed by atoms with Crippen LogP contribution in [0.5, 0.6) is 5.75 Å². The van der Waals surface area contributed by atoms with E-state index >= 15 is 0 Å². The second-order valence-corrected chi connectivity index (χ2v) is 4.85. The van der Waals surface area contributed by atoms with Gasteiger partial charge in [0.1, 0.15) is 11.3 Å². The van der Waals surface area contributed by atoms with Gasteiger partial charge in [-0.25, -0.2) is 4.79 Å². The molecule has 0 radical (unpaired) electrons. The Morgan fingerprint density at radius 2 is 2.15 bits per heavy atom. The fraction of sp³-hybridized carbons (Fsp3) is 0.385. The van der Waals surface area contributed by atoms with Crippen LogP contribution in [0.2, 0.25) is 0 Å². The summed E-state index contributed by atoms with van der Waals surface area (Å²) in [5, 5.41) is 11.7. The zero-order valence-corrected chi connectivity index (χ0v) is 12.6. The van der Waals surface area contributed by atoms with Gasteiger partial charge in [0, 0.05) is 24.7 Å². The molecule has 0 bridgehead atoms. The lowest BCUT2D eigenvalue weighted by molar-refractivity contribution is -0.123. The number of carboxylic acids is 1. The van der Waals surface area contributed by atoms with Crippen LogP contribution in [0.3, 0.4) is 0 Å². The Labute approximate surface area is 125 Å². The lowest BCUT2D eigenvalue weighted by atomic mass is 10.2. The highest BCUT2D eigenvalue weighted by molar-refractivity contribution is 9.10. The average Bonchev–Trinajstić information content (AvgIpc) is 2.42. The smallest absolute Gasteiger partial charge is 0.339 e. The molecule has 0 heterocycles. The predicted molar refractivity (Wildman–Crippen MR) is 76.1 cm³/mol. The summed E-state index contributed by atoms with van der Waals surface area (Å²) in [5.74, 6) is -1.25. The monoisotopic (exact) mass is 345 g/mol. The van der Waals surface area contributed by atoms with Crippen LogP contribution in [0.25, 0.3) is 0 Å². The third kappa shape index (κ3) is 5.58. The Hall–Kier alpha value is -1.60. The molecule has 0 saturated carbocycles. The minimum absolute atomic E-state index is 0.00607. The largest absolute Gasteiger partial charge is 0.483 e. The molecule has 6 nitrogen and oxygen atoms in total. The molecule has 1 aromatic rings. The molecule has 0 aliphatic carbocycles. The maximum atomic E-state index is 11.5. The highest BCUT2D eigenvalue weighted by atomic mass is 79.9. The van der Waals surface area contributed by atoms with E-state index in [-0.39, 0.29) is 23.8 Å². The van der Waals surface area contributed by atoms with Crippen molar-refractivity contribution in [2.24, 2.45) is 0 Å². The maximum absolute atomic E-state index is 11.5. The molecular weight excluding hydrogens is 330 g/mol. The van der Waals surface area contributed by atoms with Gasteiger partial charge in [0.2, 0.25) is 0 Å². The summed E-state index contributed by atoms with van der Waals surface area (Å²) in [6, 6.07) is 4.58. The van der Waals surface area contributed by atoms with Crippen molar-refractivity contribution in [3.05, 3.63) is 28.2 Å². The first-order valence-electron chi connectivity index (χ1n) is 5.96. The summed E-state index contributed by atoms with van der Waals surface area (Å²) >= 11 is 3.18. The number of hydrogen-bond acceptors (Lipinski definition) is 4. The van der Waals surface area contributed by atoms with Gasteiger partial charge in [-0.1, -0.05) is 15.9 Å². The number of nitrogens with one attached hydrogen (secondary N) is 1. The number of benzene rings is 1. The zero-order valence-electron chi connectivity index (χ0n) is 11.0. The summed E-state index contributed by atoms with van der Waals surface area (Å²) in [6.07, 6.45) is 0.709. The van der Waals surface area contributed by atoms with E-state index in [4.69, 9.17) is 14.6 Å². The van der Waals surface area contributed by atoms with Gasteiger partial charge in [-0.15, -0.1) is 0 Å². The third-order valence-corrected chi connectivity index (χ3v) is 2.87. The van der Waals surface area contributed by atoms with Gasteiger partial charge in [0.05, 0.1) is 0 Å². The van der Waals surface area contributed by atoms with Crippen molar-refractivity contribution in [1.82, 2.24) is 5.32 Å². The number of carbonyl (C=O) groups is 2. The maximum Gasteiger partial charge on any atom is 0.339 e. The summed E-state index contributed by atoms with van der Waals surface area (Å²) in [4.78, 5) is 22.5. The van der Waals surface area contributed by atoms with Crippen molar-refractivity contribution < 1.29 is 24.2 Å². The first kappa shape index (κ1) is 16.5. The quantitative estimate of drug-likeness (QED) is 0.700. The Morgan fingerprint density at radius 1 is 1.40 bits per heavy atom. The number of methoxy groups -OCH3 is 1. The molecule has 0 saturated heterocycles. The molecule has 0 aliphatic rings. The summed E-state index contributed by atoms with van der Waals surface area (Å²) in [5.41, 5.74) is 0.00607. The first-order valence-corrected chi connectivity index (χ1v) is 6.75. The van der Waals surface area contributed by atoms with Gasteiger partial charge in [-0.05, 0) is 24.6 Å². The Bertz CT molecular complexity index is 478. The molecule has 0 atom stereocenters. The number of amides is 1. The number of aromatic carboxylic acids is 1. The van der Waals surface area contributed by atoms with Crippen LogP contribution in [0.4, 0.5) is 0 Å². The van der Waals surface area contributed by atoms with Gasteiger partial charge in [0.25, 0.3) is 5.91 Å². The first-order chi connectivity index (χ1) is 9.54. The molecule has 7 heteroatoms. The van der Waals surface area contributed by atoms with Gasteiger partial charge < -0.3 is 19.9 Å². The van der Waals surface area contributed by atoms with Crippen LogP contribution in [-0.4, -0.2) is 43.9 Å². The molecule has 20 heavy (non-hydrogen) atoms. The molecule has 1 amide bonds. The minimum atomic E-state index is -1.11. The number of carbonyl (C=O) groups excluding carboxylic acids is 1. The summed E-state index contributed by atoms with van der Waals surface area (Å²) in [7, 11) is 1.59. The Morgan fingerprint density at radius 3 is 2.80 bits per heavy atom.